The Kier molecular flexibility index (Phi) is 9.25. The first-order valence-corrected chi connectivity index (χ1v) is 13.2. The Morgan fingerprint density at radius 3 is 2.63 bits per heavy atom. The summed E-state index contributed by atoms with van der Waals surface area (Å²) in [6.07, 6.45) is 2.15. The lowest BCUT2D eigenvalue weighted by molar-refractivity contribution is -0.151. The number of thioether (sulfide) groups is 1. The number of likely N-dealkylation sites (tertiary alicyclic amines) is 1. The van der Waals surface area contributed by atoms with Crippen molar-refractivity contribution < 1.29 is 19.1 Å². The third kappa shape index (κ3) is 6.79. The predicted octanol–water partition coefficient (Wildman–Crippen LogP) is 6.00. The van der Waals surface area contributed by atoms with Gasteiger partial charge in [-0.1, -0.05) is 44.5 Å². The molecule has 0 spiro atoms. The molecule has 0 bridgehead atoms. The number of hydrogen-bond acceptors (Lipinski definition) is 5. The van der Waals surface area contributed by atoms with Gasteiger partial charge >= 0.3 is 0 Å². The fourth-order valence-corrected chi connectivity index (χ4v) is 5.39. The number of carbonyl (C=O) groups excluding carboxylic acids is 3. The number of halogens is 1. The van der Waals surface area contributed by atoms with Crippen molar-refractivity contribution in [1.82, 2.24) is 4.90 Å². The van der Waals surface area contributed by atoms with E-state index in [-0.39, 0.29) is 24.3 Å². The van der Waals surface area contributed by atoms with Crippen LogP contribution in [0.3, 0.4) is 0 Å². The van der Waals surface area contributed by atoms with Crippen LogP contribution < -0.4 is 10.1 Å². The monoisotopic (exact) mass is 516 g/mol. The van der Waals surface area contributed by atoms with Crippen molar-refractivity contribution in [3.8, 4) is 5.75 Å². The minimum atomic E-state index is -0.803. The number of hydrogen-bond donors (Lipinski definition) is 1. The van der Waals surface area contributed by atoms with Crippen molar-refractivity contribution in [2.24, 2.45) is 5.41 Å². The summed E-state index contributed by atoms with van der Waals surface area (Å²) in [5, 5.41) is 4.00. The molecule has 188 valence electrons. The van der Waals surface area contributed by atoms with Crippen LogP contribution in [-0.4, -0.2) is 47.7 Å². The minimum absolute atomic E-state index is 0.00269. The van der Waals surface area contributed by atoms with Crippen LogP contribution in [0.2, 0.25) is 5.02 Å². The van der Waals surface area contributed by atoms with Gasteiger partial charge in [-0.2, -0.15) is 11.8 Å². The van der Waals surface area contributed by atoms with Crippen molar-refractivity contribution in [3.63, 3.8) is 0 Å². The number of amides is 2. The van der Waals surface area contributed by atoms with Crippen LogP contribution >= 0.6 is 23.4 Å². The predicted molar refractivity (Wildman–Crippen MR) is 142 cm³/mol. The molecule has 0 radical (unpaired) electrons. The van der Waals surface area contributed by atoms with E-state index >= 15 is 0 Å². The highest BCUT2D eigenvalue weighted by molar-refractivity contribution is 7.99. The molecule has 2 amide bonds. The Morgan fingerprint density at radius 1 is 1.29 bits per heavy atom. The normalized spacial score (nSPS) is 20.1. The SMILES string of the molecule is COc1cc(NC(=O)C[C@@]2(C)CCC(c3ccc(Cl)cc3)N(CCSC(C)C)C2=O)ccc1C=O. The van der Waals surface area contributed by atoms with Crippen LogP contribution in [0.25, 0.3) is 0 Å². The van der Waals surface area contributed by atoms with Crippen LogP contribution in [-0.2, 0) is 9.59 Å². The maximum Gasteiger partial charge on any atom is 0.229 e. The molecule has 0 saturated carbocycles. The lowest BCUT2D eigenvalue weighted by atomic mass is 9.74. The quantitative estimate of drug-likeness (QED) is 0.392. The Labute approximate surface area is 216 Å². The van der Waals surface area contributed by atoms with Crippen molar-refractivity contribution >= 4 is 47.2 Å². The number of nitrogens with zero attached hydrogens (tertiary/aromatic N) is 1. The summed E-state index contributed by atoms with van der Waals surface area (Å²) in [7, 11) is 1.47. The highest BCUT2D eigenvalue weighted by atomic mass is 35.5. The van der Waals surface area contributed by atoms with E-state index in [1.807, 2.05) is 47.9 Å². The van der Waals surface area contributed by atoms with E-state index in [2.05, 4.69) is 19.2 Å². The molecule has 8 heteroatoms. The van der Waals surface area contributed by atoms with Gasteiger partial charge in [-0.25, -0.2) is 0 Å². The molecule has 1 heterocycles. The van der Waals surface area contributed by atoms with E-state index in [1.165, 1.54) is 7.11 Å². The molecule has 2 atom stereocenters. The lowest BCUT2D eigenvalue weighted by Crippen LogP contribution is -2.50. The van der Waals surface area contributed by atoms with Crippen LogP contribution in [0.15, 0.2) is 42.5 Å². The number of methoxy groups -OCH3 is 1. The number of ether oxygens (including phenoxy) is 1. The molecule has 2 aromatic carbocycles. The molecule has 6 nitrogen and oxygen atoms in total. The summed E-state index contributed by atoms with van der Waals surface area (Å²) in [4.78, 5) is 39.8. The number of carbonyl (C=O) groups is 3. The fraction of sp³-hybridized carbons (Fsp3) is 0.444. The highest BCUT2D eigenvalue weighted by Gasteiger charge is 2.45. The standard InChI is InChI=1S/C27H33ClN2O4S/c1-18(2)35-14-13-30-23(19-5-8-21(28)9-6-19)11-12-27(3,26(30)33)16-25(32)29-22-10-7-20(17-31)24(15-22)34-4/h5-10,15,17-18,23H,11-14,16H2,1-4H3,(H,29,32)/t23?,27-/m1/s1. The first-order chi connectivity index (χ1) is 16.7. The van der Waals surface area contributed by atoms with Gasteiger partial charge in [0.15, 0.2) is 6.29 Å². The van der Waals surface area contributed by atoms with E-state index in [0.717, 1.165) is 17.7 Å². The summed E-state index contributed by atoms with van der Waals surface area (Å²) in [6.45, 7) is 6.79. The maximum atomic E-state index is 13.8. The van der Waals surface area contributed by atoms with Gasteiger partial charge in [0.2, 0.25) is 11.8 Å². The van der Waals surface area contributed by atoms with E-state index in [0.29, 0.717) is 46.5 Å². The zero-order valence-corrected chi connectivity index (χ0v) is 22.2. The Morgan fingerprint density at radius 2 is 2.00 bits per heavy atom. The number of piperidine rings is 1. The maximum absolute atomic E-state index is 13.8. The number of aldehydes is 1. The van der Waals surface area contributed by atoms with E-state index < -0.39 is 5.41 Å². The molecule has 3 rings (SSSR count). The number of nitrogens with one attached hydrogen (secondary N) is 1. The second kappa shape index (κ2) is 12.0. The van der Waals surface area contributed by atoms with Gasteiger partial charge in [0.1, 0.15) is 5.75 Å². The minimum Gasteiger partial charge on any atom is -0.496 e. The molecule has 35 heavy (non-hydrogen) atoms. The zero-order valence-electron chi connectivity index (χ0n) is 20.7. The van der Waals surface area contributed by atoms with Gasteiger partial charge in [0.05, 0.1) is 24.1 Å². The molecule has 0 aromatic heterocycles. The van der Waals surface area contributed by atoms with Crippen LogP contribution in [0, 0.1) is 5.41 Å². The smallest absolute Gasteiger partial charge is 0.229 e. The molecule has 1 aliphatic heterocycles. The summed E-state index contributed by atoms with van der Waals surface area (Å²) >= 11 is 7.90. The fourth-order valence-electron chi connectivity index (χ4n) is 4.49. The molecule has 1 aliphatic rings. The number of benzene rings is 2. The summed E-state index contributed by atoms with van der Waals surface area (Å²) in [5.41, 5.74) is 1.19. The third-order valence-corrected chi connectivity index (χ3v) is 7.69. The van der Waals surface area contributed by atoms with Gasteiger partial charge in [-0.05, 0) is 47.9 Å². The lowest BCUT2D eigenvalue weighted by Gasteiger charge is -2.44. The third-order valence-electron chi connectivity index (χ3n) is 6.36. The van der Waals surface area contributed by atoms with Gasteiger partial charge in [0, 0.05) is 35.5 Å². The molecule has 1 N–H and O–H groups in total. The van der Waals surface area contributed by atoms with E-state index in [1.54, 1.807) is 18.2 Å². The Hall–Kier alpha value is -2.51. The first kappa shape index (κ1) is 27.1. The molecule has 1 unspecified atom stereocenters. The summed E-state index contributed by atoms with van der Waals surface area (Å²) in [5.74, 6) is 0.969. The van der Waals surface area contributed by atoms with E-state index in [4.69, 9.17) is 16.3 Å². The molecule has 1 saturated heterocycles. The van der Waals surface area contributed by atoms with Gasteiger partial charge in [-0.3, -0.25) is 14.4 Å². The number of anilines is 1. The second-order valence-corrected chi connectivity index (χ2v) is 11.5. The van der Waals surface area contributed by atoms with Crippen LogP contribution in [0.5, 0.6) is 5.75 Å². The van der Waals surface area contributed by atoms with Crippen molar-refractivity contribution in [2.45, 2.75) is 51.3 Å². The molecule has 0 aliphatic carbocycles. The Bertz CT molecular complexity index is 1060. The average Bonchev–Trinajstić information content (AvgIpc) is 2.82. The molecule has 2 aromatic rings. The summed E-state index contributed by atoms with van der Waals surface area (Å²) < 4.78 is 5.22. The number of rotatable bonds is 10. The van der Waals surface area contributed by atoms with Gasteiger partial charge in [-0.15, -0.1) is 0 Å². The van der Waals surface area contributed by atoms with Crippen molar-refractivity contribution in [2.75, 3.05) is 24.7 Å². The average molecular weight is 517 g/mol. The highest BCUT2D eigenvalue weighted by Crippen LogP contribution is 2.43. The largest absolute Gasteiger partial charge is 0.496 e. The molecular weight excluding hydrogens is 484 g/mol. The second-order valence-electron chi connectivity index (χ2n) is 9.38. The topological polar surface area (TPSA) is 75.7 Å². The molecule has 1 fully saturated rings. The van der Waals surface area contributed by atoms with Crippen molar-refractivity contribution in [3.05, 3.63) is 58.6 Å². The zero-order chi connectivity index (χ0) is 25.6. The summed E-state index contributed by atoms with van der Waals surface area (Å²) in [6, 6.07) is 12.5. The Balaban J connectivity index is 1.76. The first-order valence-electron chi connectivity index (χ1n) is 11.8. The van der Waals surface area contributed by atoms with Crippen LogP contribution in [0.4, 0.5) is 5.69 Å². The van der Waals surface area contributed by atoms with E-state index in [9.17, 15) is 14.4 Å². The van der Waals surface area contributed by atoms with Gasteiger partial charge in [0.25, 0.3) is 0 Å². The molecular formula is C27H33ClN2O4S. The van der Waals surface area contributed by atoms with Crippen LogP contribution in [0.1, 0.15) is 62.0 Å². The van der Waals surface area contributed by atoms with Gasteiger partial charge < -0.3 is 15.0 Å². The van der Waals surface area contributed by atoms with Crippen molar-refractivity contribution in [1.29, 1.82) is 0 Å².